The van der Waals surface area contributed by atoms with E-state index in [1.807, 2.05) is 6.92 Å². The lowest BCUT2D eigenvalue weighted by molar-refractivity contribution is 0.302. The summed E-state index contributed by atoms with van der Waals surface area (Å²) in [6.07, 6.45) is 0. The first-order valence-corrected chi connectivity index (χ1v) is 23.6. The molecule has 0 fully saturated rings. The number of rotatable bonds is 13. The van der Waals surface area contributed by atoms with Crippen molar-refractivity contribution in [3.05, 3.63) is 157 Å². The summed E-state index contributed by atoms with van der Waals surface area (Å²) in [6.45, 7) is 1.47. The summed E-state index contributed by atoms with van der Waals surface area (Å²) in [4.78, 5) is -2.29. The highest BCUT2D eigenvalue weighted by atomic mass is 32.2. The molecular formula is C43H34O13S4. The van der Waals surface area contributed by atoms with E-state index in [1.54, 1.807) is 84.9 Å². The van der Waals surface area contributed by atoms with Crippen LogP contribution >= 0.6 is 0 Å². The van der Waals surface area contributed by atoms with Crippen LogP contribution in [0.5, 0.6) is 23.0 Å². The number of fused-ring (bicyclic) bond motifs is 1. The third-order valence-corrected chi connectivity index (χ3v) is 14.8. The Balaban J connectivity index is 1.08. The lowest BCUT2D eigenvalue weighted by Gasteiger charge is -2.14. The zero-order valence-electron chi connectivity index (χ0n) is 31.6. The lowest BCUT2D eigenvalue weighted by atomic mass is 10.1. The molecular weight excluding hydrogens is 853 g/mol. The summed E-state index contributed by atoms with van der Waals surface area (Å²) in [5, 5.41) is 1.47. The van der Waals surface area contributed by atoms with Gasteiger partial charge in [-0.3, -0.25) is 9.11 Å². The average molecular weight is 887 g/mol. The molecule has 0 aliphatic carbocycles. The molecule has 2 N–H and O–H groups in total. The highest BCUT2D eigenvalue weighted by Crippen LogP contribution is 2.35. The van der Waals surface area contributed by atoms with E-state index < -0.39 is 66.1 Å². The standard InChI is InChI=1S/C43H34O13S4/c1-28-3-16-37(17-4-28)57(44,45)38-19-14-34(15-20-38)56-36-13-8-30-23-35(12-7-31(30)24-36)55-27-32-9-18-39(25-42(32)59(48,49)50)58(46,47)40-21-22-41(43(26-40)60(51,52)53)29-5-10-33(54-2)11-6-29/h3-26H,27H2,1-2H3,(H,48,49,50)(H,51,52,53). The maximum atomic E-state index is 13.7. The van der Waals surface area contributed by atoms with Gasteiger partial charge in [-0.25, -0.2) is 16.8 Å². The molecule has 0 aliphatic rings. The Bertz CT molecular complexity index is 3220. The quantitative estimate of drug-likeness (QED) is 0.105. The van der Waals surface area contributed by atoms with Crippen LogP contribution in [0.4, 0.5) is 0 Å². The highest BCUT2D eigenvalue weighted by molar-refractivity contribution is 7.92. The van der Waals surface area contributed by atoms with Crippen molar-refractivity contribution < 1.29 is 57.0 Å². The van der Waals surface area contributed by atoms with Crippen LogP contribution in [0.1, 0.15) is 11.1 Å². The van der Waals surface area contributed by atoms with E-state index in [-0.39, 0.29) is 20.9 Å². The van der Waals surface area contributed by atoms with Gasteiger partial charge in [0.2, 0.25) is 19.7 Å². The summed E-state index contributed by atoms with van der Waals surface area (Å²) < 4.78 is 141. The molecule has 0 saturated carbocycles. The van der Waals surface area contributed by atoms with E-state index in [0.717, 1.165) is 46.7 Å². The third kappa shape index (κ3) is 8.91. The summed E-state index contributed by atoms with van der Waals surface area (Å²) in [5.74, 6) is 1.68. The molecule has 17 heteroatoms. The topological polar surface area (TPSA) is 205 Å². The smallest absolute Gasteiger partial charge is 0.295 e. The maximum Gasteiger partial charge on any atom is 0.295 e. The molecule has 60 heavy (non-hydrogen) atoms. The molecule has 0 amide bonds. The Morgan fingerprint density at radius 1 is 0.467 bits per heavy atom. The van der Waals surface area contributed by atoms with Crippen LogP contribution in [-0.4, -0.2) is 49.9 Å². The van der Waals surface area contributed by atoms with Gasteiger partial charge in [-0.1, -0.05) is 54.1 Å². The molecule has 0 bridgehead atoms. The number of hydrogen-bond acceptors (Lipinski definition) is 11. The first-order valence-electron chi connectivity index (χ1n) is 17.7. The molecule has 0 saturated heterocycles. The Kier molecular flexibility index (Phi) is 11.3. The van der Waals surface area contributed by atoms with Crippen molar-refractivity contribution in [3.63, 3.8) is 0 Å². The van der Waals surface area contributed by atoms with Crippen LogP contribution in [0.3, 0.4) is 0 Å². The van der Waals surface area contributed by atoms with Gasteiger partial charge in [0.1, 0.15) is 39.4 Å². The SMILES string of the molecule is COc1ccc(-c2ccc(S(=O)(=O)c3ccc(COc4ccc5cc(Oc6ccc(S(=O)(=O)c7ccc(C)cc7)cc6)ccc5c4)c(S(=O)(=O)O)c3)cc2S(=O)(=O)O)cc1. The molecule has 13 nitrogen and oxygen atoms in total. The van der Waals surface area contributed by atoms with Gasteiger partial charge in [-0.05, 0) is 120 Å². The molecule has 0 aliphatic heterocycles. The van der Waals surface area contributed by atoms with E-state index >= 15 is 0 Å². The van der Waals surface area contributed by atoms with Gasteiger partial charge in [0.05, 0.1) is 26.7 Å². The van der Waals surface area contributed by atoms with Crippen molar-refractivity contribution in [1.29, 1.82) is 0 Å². The van der Waals surface area contributed by atoms with Gasteiger partial charge >= 0.3 is 0 Å². The highest BCUT2D eigenvalue weighted by Gasteiger charge is 2.27. The van der Waals surface area contributed by atoms with Gasteiger partial charge in [0, 0.05) is 11.1 Å². The number of benzene rings is 7. The molecule has 0 aromatic heterocycles. The third-order valence-electron chi connectivity index (χ3n) is 9.45. The second kappa shape index (κ2) is 16.2. The van der Waals surface area contributed by atoms with Gasteiger partial charge in [-0.2, -0.15) is 16.8 Å². The predicted molar refractivity (Wildman–Crippen MR) is 221 cm³/mol. The Morgan fingerprint density at radius 2 is 0.933 bits per heavy atom. The first-order chi connectivity index (χ1) is 28.3. The minimum absolute atomic E-state index is 0.00414. The van der Waals surface area contributed by atoms with Crippen molar-refractivity contribution in [2.24, 2.45) is 0 Å². The molecule has 7 aromatic carbocycles. The normalized spacial score (nSPS) is 12.3. The van der Waals surface area contributed by atoms with E-state index in [1.165, 1.54) is 37.4 Å². The zero-order valence-corrected chi connectivity index (χ0v) is 34.8. The van der Waals surface area contributed by atoms with Crippen molar-refractivity contribution in [1.82, 2.24) is 0 Å². The van der Waals surface area contributed by atoms with Crippen LogP contribution in [0, 0.1) is 6.92 Å². The Hall–Kier alpha value is -6.08. The minimum Gasteiger partial charge on any atom is -0.497 e. The summed E-state index contributed by atoms with van der Waals surface area (Å²) in [5.41, 5.74) is 1.21. The Labute approximate surface area is 346 Å². The molecule has 0 radical (unpaired) electrons. The number of methoxy groups -OCH3 is 1. The van der Waals surface area contributed by atoms with Gasteiger partial charge in [0.15, 0.2) is 0 Å². The van der Waals surface area contributed by atoms with E-state index in [9.17, 15) is 42.8 Å². The molecule has 0 atom stereocenters. The fourth-order valence-electron chi connectivity index (χ4n) is 6.28. The van der Waals surface area contributed by atoms with Gasteiger partial charge in [0.25, 0.3) is 20.2 Å². The van der Waals surface area contributed by atoms with Crippen LogP contribution in [0.25, 0.3) is 21.9 Å². The second-order valence-corrected chi connectivity index (χ2v) is 20.1. The van der Waals surface area contributed by atoms with Crippen molar-refractivity contribution >= 4 is 50.7 Å². The van der Waals surface area contributed by atoms with E-state index in [4.69, 9.17) is 14.2 Å². The maximum absolute atomic E-state index is 13.7. The van der Waals surface area contributed by atoms with Crippen molar-refractivity contribution in [3.8, 4) is 34.1 Å². The fourth-order valence-corrected chi connectivity index (χ4v) is 10.5. The van der Waals surface area contributed by atoms with Crippen molar-refractivity contribution in [2.75, 3.05) is 7.11 Å². The number of ether oxygens (including phenoxy) is 3. The van der Waals surface area contributed by atoms with Crippen LogP contribution < -0.4 is 14.2 Å². The zero-order chi connectivity index (χ0) is 43.0. The minimum atomic E-state index is -5.01. The largest absolute Gasteiger partial charge is 0.497 e. The van der Waals surface area contributed by atoms with E-state index in [2.05, 4.69) is 0 Å². The second-order valence-electron chi connectivity index (χ2n) is 13.5. The molecule has 308 valence electrons. The van der Waals surface area contributed by atoms with Gasteiger partial charge in [-0.15, -0.1) is 0 Å². The summed E-state index contributed by atoms with van der Waals surface area (Å²) in [6, 6.07) is 35.1. The number of sulfone groups is 2. The summed E-state index contributed by atoms with van der Waals surface area (Å²) >= 11 is 0. The predicted octanol–water partition coefficient (Wildman–Crippen LogP) is 8.35. The molecule has 7 rings (SSSR count). The lowest BCUT2D eigenvalue weighted by Crippen LogP contribution is -2.10. The molecule has 7 aromatic rings. The molecule has 0 heterocycles. The van der Waals surface area contributed by atoms with Crippen LogP contribution in [0.2, 0.25) is 0 Å². The average Bonchev–Trinajstić information content (AvgIpc) is 3.22. The fraction of sp³-hybridized carbons (Fsp3) is 0.0698. The summed E-state index contributed by atoms with van der Waals surface area (Å²) in [7, 11) is -16.8. The number of aryl methyl sites for hydroxylation is 1. The number of hydrogen-bond donors (Lipinski definition) is 2. The molecule has 0 unspecified atom stereocenters. The van der Waals surface area contributed by atoms with Crippen LogP contribution in [-0.2, 0) is 46.5 Å². The van der Waals surface area contributed by atoms with Gasteiger partial charge < -0.3 is 14.2 Å². The van der Waals surface area contributed by atoms with E-state index in [0.29, 0.717) is 28.6 Å². The Morgan fingerprint density at radius 3 is 1.52 bits per heavy atom. The monoisotopic (exact) mass is 886 g/mol. The first kappa shape index (κ1) is 42.1. The molecule has 0 spiro atoms. The van der Waals surface area contributed by atoms with Crippen molar-refractivity contribution in [2.45, 2.75) is 42.9 Å². The van der Waals surface area contributed by atoms with Crippen LogP contribution in [0.15, 0.2) is 175 Å².